The Kier molecular flexibility index (Phi) is 4.93. The molecule has 0 atom stereocenters. The summed E-state index contributed by atoms with van der Waals surface area (Å²) in [5.41, 5.74) is 1.75. The highest BCUT2D eigenvalue weighted by atomic mass is 35.5. The predicted octanol–water partition coefficient (Wildman–Crippen LogP) is 3.24. The molecule has 1 aromatic carbocycles. The molecule has 2 heterocycles. The number of aromatic nitrogens is 2. The molecule has 0 aliphatic heterocycles. The van der Waals surface area contributed by atoms with E-state index in [9.17, 15) is 13.2 Å². The van der Waals surface area contributed by atoms with E-state index in [0.29, 0.717) is 10.7 Å². The van der Waals surface area contributed by atoms with E-state index in [-0.39, 0.29) is 23.0 Å². The first-order chi connectivity index (χ1) is 12.3. The number of carbonyl (C=O) groups is 1. The number of pyridine rings is 2. The largest absolute Gasteiger partial charge is 0.305 e. The molecule has 2 aromatic heterocycles. The average Bonchev–Trinajstić information content (AvgIpc) is 2.58. The van der Waals surface area contributed by atoms with E-state index < -0.39 is 9.84 Å². The lowest BCUT2D eigenvalue weighted by molar-refractivity contribution is -0.116. The van der Waals surface area contributed by atoms with Gasteiger partial charge in [-0.25, -0.2) is 13.4 Å². The zero-order chi connectivity index (χ0) is 18.9. The Morgan fingerprint density at radius 1 is 1.19 bits per heavy atom. The van der Waals surface area contributed by atoms with Gasteiger partial charge < -0.3 is 4.90 Å². The number of nitrogens with zero attached hydrogens (tertiary/aromatic N) is 3. The van der Waals surface area contributed by atoms with Crippen LogP contribution >= 0.6 is 11.6 Å². The third kappa shape index (κ3) is 3.84. The van der Waals surface area contributed by atoms with Crippen LogP contribution in [0.15, 0.2) is 53.7 Å². The zero-order valence-electron chi connectivity index (χ0n) is 14.2. The fourth-order valence-corrected chi connectivity index (χ4v) is 3.68. The number of hydrogen-bond donors (Lipinski definition) is 0. The number of halogens is 1. The molecule has 3 rings (SSSR count). The van der Waals surface area contributed by atoms with Crippen LogP contribution in [0.5, 0.6) is 0 Å². The van der Waals surface area contributed by atoms with E-state index in [4.69, 9.17) is 11.6 Å². The van der Waals surface area contributed by atoms with Gasteiger partial charge >= 0.3 is 0 Å². The number of carbonyl (C=O) groups excluding carboxylic acids is 1. The van der Waals surface area contributed by atoms with Crippen molar-refractivity contribution in [3.05, 3.63) is 59.5 Å². The van der Waals surface area contributed by atoms with Crippen molar-refractivity contribution >= 4 is 43.9 Å². The third-order valence-corrected chi connectivity index (χ3v) is 5.25. The molecule has 0 fully saturated rings. The standard InChI is InChI=1S/C18H16ClN3O3S/c1-12(23)22(16-10-20-8-7-17(16)26(2,24)25)11-13-3-4-14-5-6-18(19)21-15(14)9-13/h3-10H,11H2,1-2H3. The maximum atomic E-state index is 12.2. The van der Waals surface area contributed by atoms with Gasteiger partial charge in [0.1, 0.15) is 5.15 Å². The number of benzene rings is 1. The molecule has 0 saturated carbocycles. The highest BCUT2D eigenvalue weighted by Crippen LogP contribution is 2.26. The van der Waals surface area contributed by atoms with Crippen LogP contribution in [0, 0.1) is 0 Å². The molecule has 1 amide bonds. The first-order valence-electron chi connectivity index (χ1n) is 7.73. The summed E-state index contributed by atoms with van der Waals surface area (Å²) in [6.07, 6.45) is 3.88. The van der Waals surface area contributed by atoms with Crippen LogP contribution in [0.4, 0.5) is 5.69 Å². The van der Waals surface area contributed by atoms with Gasteiger partial charge in [0, 0.05) is 24.8 Å². The van der Waals surface area contributed by atoms with Gasteiger partial charge in [-0.2, -0.15) is 0 Å². The number of sulfone groups is 1. The van der Waals surface area contributed by atoms with E-state index in [0.717, 1.165) is 17.2 Å². The molecule has 0 aliphatic rings. The van der Waals surface area contributed by atoms with Crippen LogP contribution in [-0.2, 0) is 21.2 Å². The molecular formula is C18H16ClN3O3S. The van der Waals surface area contributed by atoms with Crippen LogP contribution in [-0.4, -0.2) is 30.5 Å². The molecule has 134 valence electrons. The Morgan fingerprint density at radius 2 is 1.92 bits per heavy atom. The molecule has 0 spiro atoms. The molecule has 0 N–H and O–H groups in total. The summed E-state index contributed by atoms with van der Waals surface area (Å²) in [4.78, 5) is 21.9. The van der Waals surface area contributed by atoms with Crippen LogP contribution in [0.3, 0.4) is 0 Å². The molecule has 0 aliphatic carbocycles. The van der Waals surface area contributed by atoms with Gasteiger partial charge in [-0.15, -0.1) is 0 Å². The Labute approximate surface area is 156 Å². The Bertz CT molecular complexity index is 1100. The molecule has 0 unspecified atom stereocenters. The van der Waals surface area contributed by atoms with Gasteiger partial charge in [0.25, 0.3) is 0 Å². The molecule has 3 aromatic rings. The minimum Gasteiger partial charge on any atom is -0.305 e. The van der Waals surface area contributed by atoms with Gasteiger partial charge in [-0.1, -0.05) is 23.7 Å². The summed E-state index contributed by atoms with van der Waals surface area (Å²) >= 11 is 5.94. The minimum atomic E-state index is -3.51. The molecule has 0 radical (unpaired) electrons. The van der Waals surface area contributed by atoms with Gasteiger partial charge in [-0.05, 0) is 29.8 Å². The Morgan fingerprint density at radius 3 is 2.62 bits per heavy atom. The average molecular weight is 390 g/mol. The number of fused-ring (bicyclic) bond motifs is 1. The number of hydrogen-bond acceptors (Lipinski definition) is 5. The summed E-state index contributed by atoms with van der Waals surface area (Å²) in [6.45, 7) is 1.57. The summed E-state index contributed by atoms with van der Waals surface area (Å²) in [5.74, 6) is -0.290. The van der Waals surface area contributed by atoms with Crippen molar-refractivity contribution in [3.63, 3.8) is 0 Å². The van der Waals surface area contributed by atoms with Gasteiger partial charge in [0.2, 0.25) is 5.91 Å². The van der Waals surface area contributed by atoms with Crippen molar-refractivity contribution in [2.45, 2.75) is 18.4 Å². The third-order valence-electron chi connectivity index (χ3n) is 3.89. The molecule has 0 saturated heterocycles. The van der Waals surface area contributed by atoms with E-state index in [2.05, 4.69) is 9.97 Å². The summed E-state index contributed by atoms with van der Waals surface area (Å²) in [6, 6.07) is 10.5. The topological polar surface area (TPSA) is 80.2 Å². The Balaban J connectivity index is 2.05. The zero-order valence-corrected chi connectivity index (χ0v) is 15.8. The fraction of sp³-hybridized carbons (Fsp3) is 0.167. The van der Waals surface area contributed by atoms with Crippen molar-refractivity contribution in [2.24, 2.45) is 0 Å². The maximum absolute atomic E-state index is 12.2. The first kappa shape index (κ1) is 18.3. The number of anilines is 1. The normalized spacial score (nSPS) is 11.5. The van der Waals surface area contributed by atoms with Crippen molar-refractivity contribution < 1.29 is 13.2 Å². The lowest BCUT2D eigenvalue weighted by atomic mass is 10.1. The van der Waals surface area contributed by atoms with E-state index >= 15 is 0 Å². The second-order valence-corrected chi connectivity index (χ2v) is 8.25. The number of rotatable bonds is 4. The highest BCUT2D eigenvalue weighted by Gasteiger charge is 2.21. The summed E-state index contributed by atoms with van der Waals surface area (Å²) < 4.78 is 24.1. The fourth-order valence-electron chi connectivity index (χ4n) is 2.67. The molecular weight excluding hydrogens is 374 g/mol. The quantitative estimate of drug-likeness (QED) is 0.640. The lowest BCUT2D eigenvalue weighted by Gasteiger charge is -2.23. The smallest absolute Gasteiger partial charge is 0.224 e. The monoisotopic (exact) mass is 389 g/mol. The summed E-state index contributed by atoms with van der Waals surface area (Å²) in [7, 11) is -3.51. The van der Waals surface area contributed by atoms with Crippen molar-refractivity contribution in [3.8, 4) is 0 Å². The predicted molar refractivity (Wildman–Crippen MR) is 101 cm³/mol. The maximum Gasteiger partial charge on any atom is 0.224 e. The molecule has 8 heteroatoms. The molecule has 0 bridgehead atoms. The van der Waals surface area contributed by atoms with E-state index in [1.54, 1.807) is 6.07 Å². The minimum absolute atomic E-state index is 0.0599. The van der Waals surface area contributed by atoms with Crippen LogP contribution in [0.2, 0.25) is 5.15 Å². The first-order valence-corrected chi connectivity index (χ1v) is 10.00. The van der Waals surface area contributed by atoms with Crippen LogP contribution in [0.1, 0.15) is 12.5 Å². The molecule has 26 heavy (non-hydrogen) atoms. The van der Waals surface area contributed by atoms with Gasteiger partial charge in [0.05, 0.1) is 28.8 Å². The summed E-state index contributed by atoms with van der Waals surface area (Å²) in [5, 5.41) is 1.30. The van der Waals surface area contributed by atoms with Crippen molar-refractivity contribution in [1.29, 1.82) is 0 Å². The molecule has 6 nitrogen and oxygen atoms in total. The highest BCUT2D eigenvalue weighted by molar-refractivity contribution is 7.90. The lowest BCUT2D eigenvalue weighted by Crippen LogP contribution is -2.29. The van der Waals surface area contributed by atoms with E-state index in [1.165, 1.54) is 30.3 Å². The van der Waals surface area contributed by atoms with E-state index in [1.807, 2.05) is 24.3 Å². The van der Waals surface area contributed by atoms with Gasteiger partial charge in [-0.3, -0.25) is 9.78 Å². The van der Waals surface area contributed by atoms with Crippen LogP contribution in [0.25, 0.3) is 10.9 Å². The van der Waals surface area contributed by atoms with Crippen molar-refractivity contribution in [2.75, 3.05) is 11.2 Å². The second-order valence-electron chi connectivity index (χ2n) is 5.88. The SMILES string of the molecule is CC(=O)N(Cc1ccc2ccc(Cl)nc2c1)c1cnccc1S(C)(=O)=O. The van der Waals surface area contributed by atoms with Crippen molar-refractivity contribution in [1.82, 2.24) is 9.97 Å². The Hall–Kier alpha value is -2.51. The number of amides is 1. The van der Waals surface area contributed by atoms with Crippen LogP contribution < -0.4 is 4.90 Å². The second kappa shape index (κ2) is 7.01. The van der Waals surface area contributed by atoms with Gasteiger partial charge in [0.15, 0.2) is 9.84 Å².